The van der Waals surface area contributed by atoms with Crippen LogP contribution in [0.3, 0.4) is 0 Å². The standard InChI is InChI=1S/C8H17NOS/c1-7(2-4-10)9-8-3-5-11-6-8/h7-10H,2-6H2,1H3. The normalized spacial score (nSPS) is 27.3. The van der Waals surface area contributed by atoms with Crippen molar-refractivity contribution in [2.45, 2.75) is 31.8 Å². The van der Waals surface area contributed by atoms with Gasteiger partial charge in [0.2, 0.25) is 0 Å². The molecule has 1 heterocycles. The maximum Gasteiger partial charge on any atom is 0.0445 e. The van der Waals surface area contributed by atoms with E-state index in [0.29, 0.717) is 18.7 Å². The summed E-state index contributed by atoms with van der Waals surface area (Å²) < 4.78 is 0. The summed E-state index contributed by atoms with van der Waals surface area (Å²) in [4.78, 5) is 0. The van der Waals surface area contributed by atoms with Crippen LogP contribution in [0.2, 0.25) is 0 Å². The molecule has 1 rings (SSSR count). The van der Waals surface area contributed by atoms with Gasteiger partial charge in [-0.25, -0.2) is 0 Å². The van der Waals surface area contributed by atoms with E-state index in [4.69, 9.17) is 5.11 Å². The molecule has 1 aliphatic rings. The Balaban J connectivity index is 2.08. The van der Waals surface area contributed by atoms with Gasteiger partial charge in [-0.15, -0.1) is 0 Å². The Hall–Kier alpha value is 0.270. The molecule has 0 bridgehead atoms. The van der Waals surface area contributed by atoms with Gasteiger partial charge < -0.3 is 10.4 Å². The van der Waals surface area contributed by atoms with Gasteiger partial charge in [-0.1, -0.05) is 0 Å². The second-order valence-corrected chi connectivity index (χ2v) is 4.29. The van der Waals surface area contributed by atoms with Gasteiger partial charge >= 0.3 is 0 Å². The molecule has 0 aliphatic carbocycles. The average molecular weight is 175 g/mol. The van der Waals surface area contributed by atoms with Crippen molar-refractivity contribution in [2.24, 2.45) is 0 Å². The number of nitrogens with one attached hydrogen (secondary N) is 1. The van der Waals surface area contributed by atoms with Gasteiger partial charge in [-0.3, -0.25) is 0 Å². The maximum absolute atomic E-state index is 8.67. The van der Waals surface area contributed by atoms with Crippen molar-refractivity contribution < 1.29 is 5.11 Å². The molecule has 2 unspecified atom stereocenters. The van der Waals surface area contributed by atoms with Crippen LogP contribution < -0.4 is 5.32 Å². The Kier molecular flexibility index (Phi) is 4.26. The minimum absolute atomic E-state index is 0.300. The van der Waals surface area contributed by atoms with Crippen LogP contribution in [0, 0.1) is 0 Å². The van der Waals surface area contributed by atoms with Crippen LogP contribution >= 0.6 is 11.8 Å². The Bertz CT molecular complexity index is 104. The predicted molar refractivity (Wildman–Crippen MR) is 50.0 cm³/mol. The van der Waals surface area contributed by atoms with Crippen LogP contribution in [-0.2, 0) is 0 Å². The Morgan fingerprint density at radius 2 is 2.55 bits per heavy atom. The van der Waals surface area contributed by atoms with E-state index < -0.39 is 0 Å². The first kappa shape index (κ1) is 9.36. The first-order chi connectivity index (χ1) is 5.33. The summed E-state index contributed by atoms with van der Waals surface area (Å²) in [5.74, 6) is 2.54. The lowest BCUT2D eigenvalue weighted by molar-refractivity contribution is 0.264. The van der Waals surface area contributed by atoms with Crippen LogP contribution in [0.1, 0.15) is 19.8 Å². The molecule has 0 amide bonds. The summed E-state index contributed by atoms with van der Waals surface area (Å²) >= 11 is 2.02. The molecule has 1 saturated heterocycles. The van der Waals surface area contributed by atoms with Crippen LogP contribution in [0.5, 0.6) is 0 Å². The van der Waals surface area contributed by atoms with Crippen molar-refractivity contribution >= 4 is 11.8 Å². The second-order valence-electron chi connectivity index (χ2n) is 3.14. The fourth-order valence-electron chi connectivity index (χ4n) is 1.35. The highest BCUT2D eigenvalue weighted by Gasteiger charge is 2.16. The van der Waals surface area contributed by atoms with E-state index in [1.807, 2.05) is 11.8 Å². The molecule has 3 heteroatoms. The number of aliphatic hydroxyl groups excluding tert-OH is 1. The number of thioether (sulfide) groups is 1. The number of hydrogen-bond donors (Lipinski definition) is 2. The van der Waals surface area contributed by atoms with Gasteiger partial charge in [0.15, 0.2) is 0 Å². The van der Waals surface area contributed by atoms with Crippen molar-refractivity contribution in [1.82, 2.24) is 5.32 Å². The highest BCUT2D eigenvalue weighted by Crippen LogP contribution is 2.17. The molecular formula is C8H17NOS. The average Bonchev–Trinajstić information content (AvgIpc) is 2.40. The van der Waals surface area contributed by atoms with E-state index in [9.17, 15) is 0 Å². The van der Waals surface area contributed by atoms with Crippen LogP contribution in [0.15, 0.2) is 0 Å². The van der Waals surface area contributed by atoms with Gasteiger partial charge in [-0.05, 0) is 25.5 Å². The minimum Gasteiger partial charge on any atom is -0.396 e. The van der Waals surface area contributed by atoms with Crippen molar-refractivity contribution in [3.63, 3.8) is 0 Å². The number of hydrogen-bond acceptors (Lipinski definition) is 3. The van der Waals surface area contributed by atoms with Gasteiger partial charge in [-0.2, -0.15) is 11.8 Å². The topological polar surface area (TPSA) is 32.3 Å². The van der Waals surface area contributed by atoms with E-state index in [1.165, 1.54) is 17.9 Å². The first-order valence-electron chi connectivity index (χ1n) is 4.27. The summed E-state index contributed by atoms with van der Waals surface area (Å²) in [7, 11) is 0. The van der Waals surface area contributed by atoms with E-state index >= 15 is 0 Å². The number of aliphatic hydroxyl groups is 1. The molecule has 0 spiro atoms. The third-order valence-electron chi connectivity index (χ3n) is 2.01. The van der Waals surface area contributed by atoms with E-state index in [0.717, 1.165) is 6.42 Å². The lowest BCUT2D eigenvalue weighted by Gasteiger charge is -2.17. The van der Waals surface area contributed by atoms with Gasteiger partial charge in [0.1, 0.15) is 0 Å². The van der Waals surface area contributed by atoms with Crippen molar-refractivity contribution in [1.29, 1.82) is 0 Å². The molecule has 11 heavy (non-hydrogen) atoms. The molecule has 0 radical (unpaired) electrons. The molecule has 0 aromatic rings. The van der Waals surface area contributed by atoms with E-state index in [1.54, 1.807) is 0 Å². The molecular weight excluding hydrogens is 158 g/mol. The Morgan fingerprint density at radius 1 is 1.73 bits per heavy atom. The number of rotatable bonds is 4. The Morgan fingerprint density at radius 3 is 3.09 bits per heavy atom. The summed E-state index contributed by atoms with van der Waals surface area (Å²) in [5, 5.41) is 12.2. The largest absolute Gasteiger partial charge is 0.396 e. The summed E-state index contributed by atoms with van der Waals surface area (Å²) in [5.41, 5.74) is 0. The minimum atomic E-state index is 0.300. The quantitative estimate of drug-likeness (QED) is 0.664. The van der Waals surface area contributed by atoms with Gasteiger partial charge in [0.25, 0.3) is 0 Å². The molecule has 2 N–H and O–H groups in total. The molecule has 1 fully saturated rings. The van der Waals surface area contributed by atoms with Crippen LogP contribution in [0.25, 0.3) is 0 Å². The Labute approximate surface area is 72.8 Å². The lowest BCUT2D eigenvalue weighted by Crippen LogP contribution is -2.36. The third-order valence-corrected chi connectivity index (χ3v) is 3.17. The zero-order valence-electron chi connectivity index (χ0n) is 7.05. The predicted octanol–water partition coefficient (Wildman–Crippen LogP) is 0.852. The summed E-state index contributed by atoms with van der Waals surface area (Å²) in [6.07, 6.45) is 2.17. The highest BCUT2D eigenvalue weighted by molar-refractivity contribution is 7.99. The van der Waals surface area contributed by atoms with Crippen LogP contribution in [-0.4, -0.2) is 35.3 Å². The van der Waals surface area contributed by atoms with Crippen molar-refractivity contribution in [3.8, 4) is 0 Å². The summed E-state index contributed by atoms with van der Waals surface area (Å²) in [6, 6.07) is 1.17. The third kappa shape index (κ3) is 3.45. The molecule has 66 valence electrons. The maximum atomic E-state index is 8.67. The monoisotopic (exact) mass is 175 g/mol. The molecule has 2 atom stereocenters. The lowest BCUT2D eigenvalue weighted by atomic mass is 10.2. The zero-order chi connectivity index (χ0) is 8.10. The van der Waals surface area contributed by atoms with Crippen LogP contribution in [0.4, 0.5) is 0 Å². The molecule has 0 saturated carbocycles. The first-order valence-corrected chi connectivity index (χ1v) is 5.43. The molecule has 2 nitrogen and oxygen atoms in total. The highest BCUT2D eigenvalue weighted by atomic mass is 32.2. The molecule has 0 aromatic heterocycles. The van der Waals surface area contributed by atoms with E-state index in [2.05, 4.69) is 12.2 Å². The fraction of sp³-hybridized carbons (Fsp3) is 1.00. The second kappa shape index (κ2) is 5.01. The van der Waals surface area contributed by atoms with Gasteiger partial charge in [0, 0.05) is 24.4 Å². The smallest absolute Gasteiger partial charge is 0.0445 e. The van der Waals surface area contributed by atoms with Gasteiger partial charge in [0.05, 0.1) is 0 Å². The SMILES string of the molecule is CC(CCO)NC1CCSC1. The molecule has 1 aliphatic heterocycles. The van der Waals surface area contributed by atoms with Crippen molar-refractivity contribution in [3.05, 3.63) is 0 Å². The van der Waals surface area contributed by atoms with Crippen molar-refractivity contribution in [2.75, 3.05) is 18.1 Å². The summed E-state index contributed by atoms with van der Waals surface area (Å²) in [6.45, 7) is 2.44. The van der Waals surface area contributed by atoms with E-state index in [-0.39, 0.29) is 0 Å². The fourth-order valence-corrected chi connectivity index (χ4v) is 2.51. The molecule has 0 aromatic carbocycles. The zero-order valence-corrected chi connectivity index (χ0v) is 7.86.